The molecule has 2 fully saturated rings. The van der Waals surface area contributed by atoms with Crippen molar-refractivity contribution in [1.29, 1.82) is 0 Å². The van der Waals surface area contributed by atoms with Crippen molar-refractivity contribution in [2.75, 3.05) is 0 Å². The summed E-state index contributed by atoms with van der Waals surface area (Å²) in [4.78, 5) is -0.229. The first kappa shape index (κ1) is 11.2. The highest BCUT2D eigenvalue weighted by Crippen LogP contribution is 2.46. The summed E-state index contributed by atoms with van der Waals surface area (Å²) in [7, 11) is -3.49. The summed E-state index contributed by atoms with van der Waals surface area (Å²) in [6, 6.07) is 3.96. The number of halogens is 1. The average Bonchev–Trinajstić information content (AvgIpc) is 3.11. The summed E-state index contributed by atoms with van der Waals surface area (Å²) in [5.74, 6) is -0.741. The van der Waals surface area contributed by atoms with Crippen LogP contribution in [-0.2, 0) is 15.4 Å². The van der Waals surface area contributed by atoms with Crippen LogP contribution in [0.15, 0.2) is 23.1 Å². The molecule has 92 valence electrons. The molecule has 0 aromatic heterocycles. The first-order valence-corrected chi connectivity index (χ1v) is 7.24. The second-order valence-corrected chi connectivity index (χ2v) is 7.12. The predicted octanol–water partition coefficient (Wildman–Crippen LogP) is 1.74. The van der Waals surface area contributed by atoms with E-state index in [2.05, 4.69) is 0 Å². The Kier molecular flexibility index (Phi) is 2.16. The fourth-order valence-corrected chi connectivity index (χ4v) is 3.69. The minimum Gasteiger partial charge on any atom is -0.385 e. The molecule has 0 radical (unpaired) electrons. The van der Waals surface area contributed by atoms with Crippen molar-refractivity contribution in [3.63, 3.8) is 0 Å². The normalized spacial score (nSPS) is 22.5. The van der Waals surface area contributed by atoms with E-state index in [-0.39, 0.29) is 4.90 Å². The number of hydrogen-bond donors (Lipinski definition) is 1. The minimum atomic E-state index is -3.49. The van der Waals surface area contributed by atoms with Crippen molar-refractivity contribution in [1.82, 2.24) is 0 Å². The quantitative estimate of drug-likeness (QED) is 0.896. The largest absolute Gasteiger partial charge is 0.385 e. The molecule has 0 amide bonds. The first-order valence-electron chi connectivity index (χ1n) is 5.70. The Morgan fingerprint density at radius 3 is 2.41 bits per heavy atom. The van der Waals surface area contributed by atoms with Gasteiger partial charge in [-0.2, -0.15) is 0 Å². The minimum absolute atomic E-state index is 0.229. The van der Waals surface area contributed by atoms with Crippen LogP contribution < -0.4 is 0 Å². The lowest BCUT2D eigenvalue weighted by Gasteiger charge is -2.10. The molecule has 2 aliphatic rings. The predicted molar refractivity (Wildman–Crippen MR) is 59.7 cm³/mol. The van der Waals surface area contributed by atoms with Gasteiger partial charge in [-0.3, -0.25) is 0 Å². The maximum absolute atomic E-state index is 13.8. The van der Waals surface area contributed by atoms with Gasteiger partial charge in [0, 0.05) is 0 Å². The molecule has 1 aromatic rings. The third kappa shape index (κ3) is 1.77. The van der Waals surface area contributed by atoms with Gasteiger partial charge >= 0.3 is 0 Å². The molecule has 0 atom stereocenters. The highest BCUT2D eigenvalue weighted by Gasteiger charge is 2.43. The van der Waals surface area contributed by atoms with Crippen LogP contribution >= 0.6 is 0 Å². The lowest BCUT2D eigenvalue weighted by Crippen LogP contribution is -2.11. The van der Waals surface area contributed by atoms with E-state index < -0.39 is 26.5 Å². The number of aliphatic hydroxyl groups is 1. The van der Waals surface area contributed by atoms with Gasteiger partial charge in [-0.25, -0.2) is 12.8 Å². The van der Waals surface area contributed by atoms with E-state index in [1.54, 1.807) is 0 Å². The summed E-state index contributed by atoms with van der Waals surface area (Å²) >= 11 is 0. The Morgan fingerprint density at radius 1 is 1.29 bits per heavy atom. The molecule has 0 heterocycles. The van der Waals surface area contributed by atoms with Crippen LogP contribution in [0.1, 0.15) is 31.2 Å². The van der Waals surface area contributed by atoms with Gasteiger partial charge in [0.15, 0.2) is 9.84 Å². The fraction of sp³-hybridized carbons (Fsp3) is 0.500. The summed E-state index contributed by atoms with van der Waals surface area (Å²) in [5, 5.41) is 9.41. The van der Waals surface area contributed by atoms with Crippen LogP contribution in [0.3, 0.4) is 0 Å². The maximum atomic E-state index is 13.8. The SMILES string of the molecule is O=S(=O)(c1ccc(C2(O)CC2)cc1F)C1CC1. The van der Waals surface area contributed by atoms with E-state index >= 15 is 0 Å². The molecule has 0 saturated heterocycles. The van der Waals surface area contributed by atoms with Crippen molar-refractivity contribution in [2.24, 2.45) is 0 Å². The lowest BCUT2D eigenvalue weighted by atomic mass is 10.1. The van der Waals surface area contributed by atoms with Gasteiger partial charge in [0.25, 0.3) is 0 Å². The third-order valence-electron chi connectivity index (χ3n) is 3.46. The summed E-state index contributed by atoms with van der Waals surface area (Å²) < 4.78 is 37.6. The molecule has 3 rings (SSSR count). The van der Waals surface area contributed by atoms with E-state index in [0.717, 1.165) is 6.07 Å². The summed E-state index contributed by atoms with van der Waals surface area (Å²) in [6.07, 6.45) is 2.46. The Labute approximate surface area is 99.2 Å². The van der Waals surface area contributed by atoms with E-state index in [1.807, 2.05) is 0 Å². The Morgan fingerprint density at radius 2 is 1.94 bits per heavy atom. The van der Waals surface area contributed by atoms with E-state index in [1.165, 1.54) is 12.1 Å². The van der Waals surface area contributed by atoms with Gasteiger partial charge < -0.3 is 5.11 Å². The van der Waals surface area contributed by atoms with E-state index in [0.29, 0.717) is 31.2 Å². The average molecular weight is 256 g/mol. The molecule has 0 spiro atoms. The van der Waals surface area contributed by atoms with Crippen LogP contribution in [0.25, 0.3) is 0 Å². The van der Waals surface area contributed by atoms with Crippen molar-refractivity contribution in [3.05, 3.63) is 29.6 Å². The molecule has 0 unspecified atom stereocenters. The zero-order valence-electron chi connectivity index (χ0n) is 9.19. The third-order valence-corrected chi connectivity index (χ3v) is 5.76. The van der Waals surface area contributed by atoms with Crippen LogP contribution in [0.2, 0.25) is 0 Å². The lowest BCUT2D eigenvalue weighted by molar-refractivity contribution is 0.151. The number of hydrogen-bond acceptors (Lipinski definition) is 3. The van der Waals surface area contributed by atoms with Crippen LogP contribution in [0.4, 0.5) is 4.39 Å². The van der Waals surface area contributed by atoms with Gasteiger partial charge in [0.1, 0.15) is 10.7 Å². The fourth-order valence-electron chi connectivity index (χ4n) is 1.99. The van der Waals surface area contributed by atoms with Gasteiger partial charge in [0.2, 0.25) is 0 Å². The second kappa shape index (κ2) is 3.29. The topological polar surface area (TPSA) is 54.4 Å². The van der Waals surface area contributed by atoms with Crippen molar-refractivity contribution in [3.8, 4) is 0 Å². The highest BCUT2D eigenvalue weighted by molar-refractivity contribution is 7.92. The summed E-state index contributed by atoms with van der Waals surface area (Å²) in [6.45, 7) is 0. The van der Waals surface area contributed by atoms with Crippen LogP contribution in [0.5, 0.6) is 0 Å². The second-order valence-electron chi connectivity index (χ2n) is 4.92. The molecule has 0 bridgehead atoms. The molecular formula is C12H13FO3S. The molecule has 3 nitrogen and oxygen atoms in total. The number of rotatable bonds is 3. The highest BCUT2D eigenvalue weighted by atomic mass is 32.2. The van der Waals surface area contributed by atoms with Gasteiger partial charge in [-0.15, -0.1) is 0 Å². The van der Waals surface area contributed by atoms with Gasteiger partial charge in [-0.05, 0) is 43.4 Å². The zero-order chi connectivity index (χ0) is 12.3. The van der Waals surface area contributed by atoms with E-state index in [4.69, 9.17) is 0 Å². The van der Waals surface area contributed by atoms with Crippen LogP contribution in [0, 0.1) is 5.82 Å². The molecule has 17 heavy (non-hydrogen) atoms. The monoisotopic (exact) mass is 256 g/mol. The van der Waals surface area contributed by atoms with Gasteiger partial charge in [0.05, 0.1) is 10.9 Å². The van der Waals surface area contributed by atoms with E-state index in [9.17, 15) is 17.9 Å². The Balaban J connectivity index is 2.02. The first-order chi connectivity index (χ1) is 7.93. The molecule has 2 aliphatic carbocycles. The molecule has 2 saturated carbocycles. The molecule has 5 heteroatoms. The molecule has 0 aliphatic heterocycles. The molecule has 1 aromatic carbocycles. The number of sulfone groups is 1. The van der Waals surface area contributed by atoms with Crippen LogP contribution in [-0.4, -0.2) is 18.8 Å². The zero-order valence-corrected chi connectivity index (χ0v) is 10.0. The van der Waals surface area contributed by atoms with Crippen molar-refractivity contribution < 1.29 is 17.9 Å². The Hall–Kier alpha value is -0.940. The summed E-state index contributed by atoms with van der Waals surface area (Å²) in [5.41, 5.74) is -0.451. The maximum Gasteiger partial charge on any atom is 0.184 e. The Bertz CT molecular complexity index is 571. The smallest absolute Gasteiger partial charge is 0.184 e. The van der Waals surface area contributed by atoms with Crippen molar-refractivity contribution >= 4 is 9.84 Å². The van der Waals surface area contributed by atoms with Gasteiger partial charge in [-0.1, -0.05) is 6.07 Å². The van der Waals surface area contributed by atoms with Crippen molar-refractivity contribution in [2.45, 2.75) is 41.4 Å². The number of benzene rings is 1. The molecule has 1 N–H and O–H groups in total. The molecular weight excluding hydrogens is 243 g/mol. The standard InChI is InChI=1S/C12H13FO3S/c13-10-7-8(12(14)5-6-12)1-4-11(10)17(15,16)9-2-3-9/h1,4,7,9,14H,2-3,5-6H2.